The number of aliphatic imine (C=N–C) groups is 1. The number of hydrogen-bond acceptors (Lipinski definition) is 3. The van der Waals surface area contributed by atoms with Crippen molar-refractivity contribution in [2.45, 2.75) is 109 Å². The van der Waals surface area contributed by atoms with Crippen molar-refractivity contribution < 1.29 is 9.84 Å². The summed E-state index contributed by atoms with van der Waals surface area (Å²) in [6.45, 7) is 2.95. The molecular weight excluding hydrogens is 310 g/mol. The SMILES string of the molecule is CCCCCCCCC=CCCCCCCCCC1=NC(CO)CO1. The summed E-state index contributed by atoms with van der Waals surface area (Å²) >= 11 is 0. The van der Waals surface area contributed by atoms with Crippen molar-refractivity contribution in [2.24, 2.45) is 4.99 Å². The van der Waals surface area contributed by atoms with E-state index < -0.39 is 0 Å². The van der Waals surface area contributed by atoms with Crippen LogP contribution in [0.2, 0.25) is 0 Å². The molecule has 1 aliphatic heterocycles. The Hall–Kier alpha value is -0.830. The van der Waals surface area contributed by atoms with Gasteiger partial charge >= 0.3 is 0 Å². The Morgan fingerprint density at radius 3 is 2.00 bits per heavy atom. The molecule has 0 aromatic heterocycles. The van der Waals surface area contributed by atoms with Gasteiger partial charge in [0.25, 0.3) is 0 Å². The number of unbranched alkanes of at least 4 members (excludes halogenated alkanes) is 12. The van der Waals surface area contributed by atoms with E-state index in [4.69, 9.17) is 9.84 Å². The molecule has 3 heteroatoms. The van der Waals surface area contributed by atoms with Crippen LogP contribution in [0.3, 0.4) is 0 Å². The minimum Gasteiger partial charge on any atom is -0.479 e. The third-order valence-electron chi connectivity index (χ3n) is 4.88. The average molecular weight is 352 g/mol. The Bertz CT molecular complexity index is 352. The molecule has 3 nitrogen and oxygen atoms in total. The van der Waals surface area contributed by atoms with Crippen LogP contribution in [0, 0.1) is 0 Å². The number of allylic oxidation sites excluding steroid dienone is 2. The summed E-state index contributed by atoms with van der Waals surface area (Å²) in [5.74, 6) is 0.856. The van der Waals surface area contributed by atoms with Crippen molar-refractivity contribution in [1.82, 2.24) is 0 Å². The molecule has 0 aromatic carbocycles. The zero-order valence-corrected chi connectivity index (χ0v) is 16.6. The second-order valence-electron chi connectivity index (χ2n) is 7.36. The first-order valence-corrected chi connectivity index (χ1v) is 10.8. The number of rotatable bonds is 17. The molecule has 1 unspecified atom stereocenters. The molecule has 0 spiro atoms. The Morgan fingerprint density at radius 2 is 1.44 bits per heavy atom. The maximum absolute atomic E-state index is 9.00. The Morgan fingerprint density at radius 1 is 0.880 bits per heavy atom. The van der Waals surface area contributed by atoms with Gasteiger partial charge < -0.3 is 9.84 Å². The summed E-state index contributed by atoms with van der Waals surface area (Å²) in [6, 6.07) is -0.0101. The van der Waals surface area contributed by atoms with Gasteiger partial charge in [0.2, 0.25) is 0 Å². The van der Waals surface area contributed by atoms with Gasteiger partial charge in [0.05, 0.1) is 6.61 Å². The second-order valence-corrected chi connectivity index (χ2v) is 7.36. The molecule has 0 saturated heterocycles. The first kappa shape index (κ1) is 22.2. The van der Waals surface area contributed by atoms with Crippen LogP contribution >= 0.6 is 0 Å². The Kier molecular flexibility index (Phi) is 14.8. The molecule has 0 aromatic rings. The third kappa shape index (κ3) is 13.1. The normalized spacial score (nSPS) is 17.2. The largest absolute Gasteiger partial charge is 0.479 e. The predicted molar refractivity (Wildman–Crippen MR) is 108 cm³/mol. The lowest BCUT2D eigenvalue weighted by Gasteiger charge is -2.02. The standard InChI is InChI=1S/C22H41NO2/c1-2-3-4-5-6-7-8-9-10-11-12-13-14-15-16-17-18-22-23-21(19-24)20-25-22/h9-10,21,24H,2-8,11-20H2,1H3. The molecule has 1 rings (SSSR count). The molecule has 0 amide bonds. The zero-order chi connectivity index (χ0) is 18.0. The lowest BCUT2D eigenvalue weighted by molar-refractivity contribution is 0.226. The van der Waals surface area contributed by atoms with Crippen molar-refractivity contribution in [1.29, 1.82) is 0 Å². The van der Waals surface area contributed by atoms with Gasteiger partial charge in [-0.25, -0.2) is 4.99 Å². The summed E-state index contributed by atoms with van der Waals surface area (Å²) in [5.41, 5.74) is 0. The summed E-state index contributed by atoms with van der Waals surface area (Å²) in [5, 5.41) is 9.00. The topological polar surface area (TPSA) is 41.8 Å². The maximum Gasteiger partial charge on any atom is 0.183 e. The van der Waals surface area contributed by atoms with E-state index >= 15 is 0 Å². The average Bonchev–Trinajstić information content (AvgIpc) is 3.09. The van der Waals surface area contributed by atoms with E-state index in [1.807, 2.05) is 0 Å². The fourth-order valence-electron chi connectivity index (χ4n) is 3.22. The monoisotopic (exact) mass is 351 g/mol. The number of hydrogen-bond donors (Lipinski definition) is 1. The molecule has 146 valence electrons. The molecule has 0 bridgehead atoms. The van der Waals surface area contributed by atoms with E-state index in [-0.39, 0.29) is 12.6 Å². The van der Waals surface area contributed by atoms with Crippen LogP contribution < -0.4 is 0 Å². The highest BCUT2D eigenvalue weighted by Crippen LogP contribution is 2.13. The van der Waals surface area contributed by atoms with Gasteiger partial charge in [-0.05, 0) is 32.1 Å². The van der Waals surface area contributed by atoms with Gasteiger partial charge in [0.1, 0.15) is 12.6 Å². The van der Waals surface area contributed by atoms with E-state index in [1.165, 1.54) is 83.5 Å². The summed E-state index contributed by atoms with van der Waals surface area (Å²) in [4.78, 5) is 4.35. The van der Waals surface area contributed by atoms with Gasteiger partial charge in [0.15, 0.2) is 5.90 Å². The molecule has 0 aliphatic carbocycles. The lowest BCUT2D eigenvalue weighted by atomic mass is 10.1. The minimum absolute atomic E-state index is 0.0101. The number of aliphatic hydroxyl groups excluding tert-OH is 1. The third-order valence-corrected chi connectivity index (χ3v) is 4.88. The van der Waals surface area contributed by atoms with Gasteiger partial charge in [-0.1, -0.05) is 76.9 Å². The highest BCUT2D eigenvalue weighted by molar-refractivity contribution is 5.77. The van der Waals surface area contributed by atoms with Gasteiger partial charge in [0, 0.05) is 6.42 Å². The highest BCUT2D eigenvalue weighted by Gasteiger charge is 2.16. The van der Waals surface area contributed by atoms with E-state index in [2.05, 4.69) is 24.1 Å². The molecular formula is C22H41NO2. The van der Waals surface area contributed by atoms with Gasteiger partial charge in [-0.15, -0.1) is 0 Å². The smallest absolute Gasteiger partial charge is 0.183 e. The Labute approximate surface area is 156 Å². The molecule has 1 N–H and O–H groups in total. The van der Waals surface area contributed by atoms with Crippen LogP contribution in [-0.4, -0.2) is 30.3 Å². The predicted octanol–water partition coefficient (Wildman–Crippen LogP) is 6.20. The number of aliphatic hydroxyl groups is 1. The van der Waals surface area contributed by atoms with Crippen LogP contribution in [0.5, 0.6) is 0 Å². The van der Waals surface area contributed by atoms with Crippen molar-refractivity contribution in [3.8, 4) is 0 Å². The van der Waals surface area contributed by atoms with Gasteiger partial charge in [-0.3, -0.25) is 0 Å². The van der Waals surface area contributed by atoms with E-state index in [0.29, 0.717) is 6.61 Å². The van der Waals surface area contributed by atoms with Crippen LogP contribution in [0.1, 0.15) is 103 Å². The molecule has 0 saturated carbocycles. The second kappa shape index (κ2) is 16.6. The lowest BCUT2D eigenvalue weighted by Crippen LogP contribution is -2.10. The summed E-state index contributed by atoms with van der Waals surface area (Å²) < 4.78 is 5.46. The van der Waals surface area contributed by atoms with Crippen LogP contribution in [0.4, 0.5) is 0 Å². The minimum atomic E-state index is -0.0101. The summed E-state index contributed by atoms with van der Waals surface area (Å²) in [6.07, 6.45) is 24.4. The van der Waals surface area contributed by atoms with Crippen molar-refractivity contribution in [3.05, 3.63) is 12.2 Å². The van der Waals surface area contributed by atoms with Crippen molar-refractivity contribution >= 4 is 5.90 Å². The first-order chi connectivity index (χ1) is 12.4. The molecule has 1 aliphatic rings. The summed E-state index contributed by atoms with van der Waals surface area (Å²) in [7, 11) is 0. The maximum atomic E-state index is 9.00. The van der Waals surface area contributed by atoms with Gasteiger partial charge in [-0.2, -0.15) is 0 Å². The number of ether oxygens (including phenoxy) is 1. The fraction of sp³-hybridized carbons (Fsp3) is 0.864. The molecule has 0 fully saturated rings. The molecule has 1 atom stereocenters. The van der Waals surface area contributed by atoms with Crippen molar-refractivity contribution in [3.63, 3.8) is 0 Å². The molecule has 25 heavy (non-hydrogen) atoms. The van der Waals surface area contributed by atoms with E-state index in [9.17, 15) is 0 Å². The van der Waals surface area contributed by atoms with Crippen LogP contribution in [0.25, 0.3) is 0 Å². The van der Waals surface area contributed by atoms with Crippen LogP contribution in [-0.2, 0) is 4.74 Å². The molecule has 1 heterocycles. The zero-order valence-electron chi connectivity index (χ0n) is 16.6. The highest BCUT2D eigenvalue weighted by atomic mass is 16.5. The van der Waals surface area contributed by atoms with Crippen molar-refractivity contribution in [2.75, 3.05) is 13.2 Å². The number of nitrogens with zero attached hydrogens (tertiary/aromatic N) is 1. The Balaban J connectivity index is 1.76. The quantitative estimate of drug-likeness (QED) is 0.250. The van der Waals surface area contributed by atoms with Crippen LogP contribution in [0.15, 0.2) is 17.1 Å². The van der Waals surface area contributed by atoms with E-state index in [1.54, 1.807) is 0 Å². The van der Waals surface area contributed by atoms with E-state index in [0.717, 1.165) is 18.7 Å². The molecule has 0 radical (unpaired) electrons. The fourth-order valence-corrected chi connectivity index (χ4v) is 3.22. The first-order valence-electron chi connectivity index (χ1n) is 10.8.